The summed E-state index contributed by atoms with van der Waals surface area (Å²) >= 11 is 0. The van der Waals surface area contributed by atoms with Crippen molar-refractivity contribution in [2.24, 2.45) is 11.8 Å². The smallest absolute Gasteiger partial charge is 0.396 e. The normalized spacial score (nSPS) is 16.6. The molecule has 0 aliphatic heterocycles. The monoisotopic (exact) mass is 1240 g/mol. The summed E-state index contributed by atoms with van der Waals surface area (Å²) in [4.78, 5) is 17.7. The third-order valence-electron chi connectivity index (χ3n) is 12.0. The van der Waals surface area contributed by atoms with Crippen molar-refractivity contribution in [2.75, 3.05) is 12.8 Å². The molecule has 0 aromatic rings. The predicted octanol–water partition coefficient (Wildman–Crippen LogP) is 17.4. The zero-order chi connectivity index (χ0) is 61.8. The molecule has 0 aliphatic rings. The number of halogens is 34. The fourth-order valence-corrected chi connectivity index (χ4v) is 7.96. The molecule has 0 heterocycles. The molecule has 0 saturated carbocycles. The number of hydrogen-bond acceptors (Lipinski definition) is 2. The first-order chi connectivity index (χ1) is 33.7. The minimum atomic E-state index is -9.25. The van der Waals surface area contributed by atoms with Gasteiger partial charge in [0.05, 0.1) is 0 Å². The van der Waals surface area contributed by atoms with E-state index in [1.807, 2.05) is 0 Å². The van der Waals surface area contributed by atoms with Gasteiger partial charge in [-0.15, -0.1) is 0 Å². The van der Waals surface area contributed by atoms with Gasteiger partial charge in [-0.05, 0) is 37.5 Å². The highest BCUT2D eigenvalue weighted by Gasteiger charge is 2.97. The quantitative estimate of drug-likeness (QED) is 0.0332. The predicted molar refractivity (Wildman–Crippen MR) is 195 cm³/mol. The van der Waals surface area contributed by atoms with E-state index in [2.05, 4.69) is 0 Å². The van der Waals surface area contributed by atoms with Crippen molar-refractivity contribution in [3.8, 4) is 0 Å². The lowest BCUT2D eigenvalue weighted by Crippen LogP contribution is -2.74. The van der Waals surface area contributed by atoms with Crippen LogP contribution < -0.4 is 0 Å². The summed E-state index contributed by atoms with van der Waals surface area (Å²) < 4.78 is 491. The maximum atomic E-state index is 15.6. The third-order valence-corrected chi connectivity index (χ3v) is 12.9. The van der Waals surface area contributed by atoms with E-state index in [9.17, 15) is 119 Å². The highest BCUT2D eigenvalue weighted by atomic mass is 31.2. The first-order valence-corrected chi connectivity index (χ1v) is 23.6. The Kier molecular flexibility index (Phi) is 23.9. The zero-order valence-electron chi connectivity index (χ0n) is 38.3. The molecule has 4 nitrogen and oxygen atoms in total. The second kappa shape index (κ2) is 24.7. The van der Waals surface area contributed by atoms with Crippen LogP contribution in [0, 0.1) is 11.8 Å². The number of alkyl halides is 34. The molecule has 464 valence electrons. The van der Waals surface area contributed by atoms with Crippen LogP contribution in [0.3, 0.4) is 0 Å². The third kappa shape index (κ3) is 14.7. The molecule has 0 spiro atoms. The molecular formula is C38H45F34O4P. The fourth-order valence-electron chi connectivity index (χ4n) is 7.33. The topological polar surface area (TPSA) is 77.8 Å². The molecule has 0 saturated heterocycles. The molecule has 0 bridgehead atoms. The SMILES string of the molecule is O=P(O)(O)CCCCCCCCCC(CC(F)(F)C(F)(F)C(F)(F)C(F)(F)C(F)(F)C(F)(F)C(F)(F)C(F)(F)F)C(CCCCCCCCCO)CC(F)(F)C(F)(F)C(F)(F)C(F)(F)C(F)(F)C(F)(F)C(F)(F)C(F)(F)F. The Morgan fingerprint density at radius 2 is 0.468 bits per heavy atom. The number of aliphatic hydroxyl groups excluding tert-OH is 1. The van der Waals surface area contributed by atoms with Crippen LogP contribution in [-0.4, -0.2) is 123 Å². The zero-order valence-corrected chi connectivity index (χ0v) is 39.2. The van der Waals surface area contributed by atoms with Gasteiger partial charge in [-0.1, -0.05) is 77.0 Å². The van der Waals surface area contributed by atoms with Crippen LogP contribution in [0.5, 0.6) is 0 Å². The molecule has 0 radical (unpaired) electrons. The Morgan fingerprint density at radius 3 is 0.688 bits per heavy atom. The van der Waals surface area contributed by atoms with Crippen LogP contribution in [0.25, 0.3) is 0 Å². The van der Waals surface area contributed by atoms with E-state index in [1.165, 1.54) is 0 Å². The average Bonchev–Trinajstić information content (AvgIpc) is 3.23. The van der Waals surface area contributed by atoms with E-state index in [4.69, 9.17) is 14.9 Å². The Hall–Kier alpha value is -2.27. The maximum absolute atomic E-state index is 15.6. The van der Waals surface area contributed by atoms with Crippen molar-refractivity contribution in [1.29, 1.82) is 0 Å². The molecule has 39 heteroatoms. The number of hydrogen-bond donors (Lipinski definition) is 3. The number of unbranched alkanes of at least 4 members (excludes halogenated alkanes) is 12. The summed E-state index contributed by atoms with van der Waals surface area (Å²) in [6.45, 7) is -0.428. The standard InChI is InChI=1S/C38H45F34O4P/c39-23(40,25(43,44)27(47,48)29(51,52)31(55,56)33(59,60)35(63,64)37(67,68)69)19-21(15-11-7-3-1-5-9-13-17-73)22(16-12-8-4-2-6-10-14-18-77(74,75)76)20-24(41,42)26(45,46)28(49,50)30(53,54)32(57,58)34(61,62)36(65,66)38(70,71)72/h21-22,73H,1-20H2,(H2,74,75,76). The van der Waals surface area contributed by atoms with Gasteiger partial charge in [-0.2, -0.15) is 149 Å². The van der Waals surface area contributed by atoms with Crippen LogP contribution in [0.2, 0.25) is 0 Å². The maximum Gasteiger partial charge on any atom is 0.460 e. The van der Waals surface area contributed by atoms with Crippen molar-refractivity contribution >= 4 is 7.60 Å². The molecule has 0 aromatic carbocycles. The summed E-state index contributed by atoms with van der Waals surface area (Å²) in [5.74, 6) is -130. The van der Waals surface area contributed by atoms with Gasteiger partial charge in [0.1, 0.15) is 0 Å². The summed E-state index contributed by atoms with van der Waals surface area (Å²) in [6, 6.07) is 0. The lowest BCUT2D eigenvalue weighted by molar-refractivity contribution is -0.462. The van der Waals surface area contributed by atoms with Crippen molar-refractivity contribution in [2.45, 2.75) is 211 Å². The lowest BCUT2D eigenvalue weighted by atomic mass is 9.74. The van der Waals surface area contributed by atoms with Crippen molar-refractivity contribution < 1.29 is 169 Å². The highest BCUT2D eigenvalue weighted by molar-refractivity contribution is 7.51. The second-order valence-electron chi connectivity index (χ2n) is 17.9. The molecule has 0 rings (SSSR count). The average molecular weight is 1240 g/mol. The first kappa shape index (κ1) is 74.7. The van der Waals surface area contributed by atoms with Gasteiger partial charge in [0.2, 0.25) is 0 Å². The highest BCUT2D eigenvalue weighted by Crippen LogP contribution is 2.67. The Morgan fingerprint density at radius 1 is 0.273 bits per heavy atom. The lowest BCUT2D eigenvalue weighted by Gasteiger charge is -2.44. The summed E-state index contributed by atoms with van der Waals surface area (Å²) in [5, 5.41) is 8.82. The van der Waals surface area contributed by atoms with E-state index in [0.717, 1.165) is 0 Å². The van der Waals surface area contributed by atoms with E-state index in [1.54, 1.807) is 0 Å². The molecule has 0 amide bonds. The van der Waals surface area contributed by atoms with Crippen LogP contribution >= 0.6 is 7.60 Å². The molecular weight excluding hydrogens is 1200 g/mol. The van der Waals surface area contributed by atoms with Crippen LogP contribution in [0.4, 0.5) is 149 Å². The number of aliphatic hydroxyl groups is 1. The van der Waals surface area contributed by atoms with Gasteiger partial charge >= 0.3 is 103 Å². The van der Waals surface area contributed by atoms with E-state index >= 15 is 35.1 Å². The molecule has 3 N–H and O–H groups in total. The van der Waals surface area contributed by atoms with Gasteiger partial charge in [0.15, 0.2) is 0 Å². The van der Waals surface area contributed by atoms with E-state index in [0.29, 0.717) is 0 Å². The van der Waals surface area contributed by atoms with Gasteiger partial charge in [0, 0.05) is 25.6 Å². The molecule has 0 aromatic heterocycles. The van der Waals surface area contributed by atoms with Crippen molar-refractivity contribution in [1.82, 2.24) is 0 Å². The second-order valence-corrected chi connectivity index (χ2v) is 19.6. The van der Waals surface area contributed by atoms with E-state index in [-0.39, 0.29) is 64.2 Å². The largest absolute Gasteiger partial charge is 0.460 e. The summed E-state index contributed by atoms with van der Waals surface area (Å²) in [5.41, 5.74) is 0. The van der Waals surface area contributed by atoms with Crippen molar-refractivity contribution in [3.63, 3.8) is 0 Å². The molecule has 2 atom stereocenters. The summed E-state index contributed by atoms with van der Waals surface area (Å²) in [6.07, 6.45) is -32.5. The Labute approximate surface area is 412 Å². The molecule has 2 unspecified atom stereocenters. The summed E-state index contributed by atoms with van der Waals surface area (Å²) in [7, 11) is -4.58. The van der Waals surface area contributed by atoms with Crippen LogP contribution in [-0.2, 0) is 4.57 Å². The number of rotatable bonds is 36. The van der Waals surface area contributed by atoms with Crippen molar-refractivity contribution in [3.05, 3.63) is 0 Å². The van der Waals surface area contributed by atoms with Gasteiger partial charge in [-0.3, -0.25) is 4.57 Å². The van der Waals surface area contributed by atoms with Gasteiger partial charge in [0.25, 0.3) is 0 Å². The van der Waals surface area contributed by atoms with Crippen LogP contribution in [0.15, 0.2) is 0 Å². The molecule has 0 aliphatic carbocycles. The Balaban J connectivity index is 8.00. The van der Waals surface area contributed by atoms with E-state index < -0.39 is 179 Å². The minimum absolute atomic E-state index is 0.0403. The van der Waals surface area contributed by atoms with Gasteiger partial charge < -0.3 is 14.9 Å². The molecule has 0 fully saturated rings. The molecule has 77 heavy (non-hydrogen) atoms. The van der Waals surface area contributed by atoms with Gasteiger partial charge in [-0.25, -0.2) is 0 Å². The first-order valence-electron chi connectivity index (χ1n) is 21.8. The minimum Gasteiger partial charge on any atom is -0.396 e. The van der Waals surface area contributed by atoms with Crippen LogP contribution in [0.1, 0.15) is 116 Å². The fraction of sp³-hybridized carbons (Fsp3) is 1.00. The Bertz CT molecular complexity index is 1870.